The molecule has 0 aliphatic rings. The van der Waals surface area contributed by atoms with Crippen molar-refractivity contribution < 1.29 is 14.3 Å². The molecular formula is C20H19ClNO3PS. The van der Waals surface area contributed by atoms with Crippen molar-refractivity contribution in [1.82, 2.24) is 0 Å². The van der Waals surface area contributed by atoms with E-state index in [1.807, 2.05) is 24.3 Å². The summed E-state index contributed by atoms with van der Waals surface area (Å²) in [6.07, 6.45) is 3.47. The highest BCUT2D eigenvalue weighted by atomic mass is 35.5. The number of halogens is 1. The molecule has 1 aromatic heterocycles. The number of hydrogen-bond donors (Lipinski definition) is 2. The van der Waals surface area contributed by atoms with Gasteiger partial charge in [-0.15, -0.1) is 11.3 Å². The zero-order valence-electron chi connectivity index (χ0n) is 14.6. The summed E-state index contributed by atoms with van der Waals surface area (Å²) in [5.74, 6) is -0.311. The van der Waals surface area contributed by atoms with Crippen LogP contribution >= 0.6 is 30.3 Å². The highest BCUT2D eigenvalue weighted by molar-refractivity contribution is 7.58. The second-order valence-corrected chi connectivity index (χ2v) is 10.1. The molecule has 0 aliphatic heterocycles. The number of allylic oxidation sites excluding steroid dienone is 1. The van der Waals surface area contributed by atoms with Crippen molar-refractivity contribution in [2.24, 2.45) is 0 Å². The summed E-state index contributed by atoms with van der Waals surface area (Å²) >= 11 is 7.51. The minimum atomic E-state index is -3.71. The third kappa shape index (κ3) is 4.50. The molecule has 0 bridgehead atoms. The zero-order valence-corrected chi connectivity index (χ0v) is 17.1. The summed E-state index contributed by atoms with van der Waals surface area (Å²) in [7, 11) is -3.71. The fourth-order valence-corrected chi connectivity index (χ4v) is 5.62. The van der Waals surface area contributed by atoms with Crippen molar-refractivity contribution in [3.8, 4) is 0 Å². The lowest BCUT2D eigenvalue weighted by atomic mass is 10.0. The SMILES string of the molecule is CP(=O)(O)C(C(=O)C/C=C/c1ccccc1N)c1csc2ccc(Cl)cc12. The Hall–Kier alpha value is -1.91. The van der Waals surface area contributed by atoms with Crippen LogP contribution in [0.5, 0.6) is 0 Å². The Morgan fingerprint density at radius 2 is 2.07 bits per heavy atom. The van der Waals surface area contributed by atoms with Crippen molar-refractivity contribution in [2.45, 2.75) is 12.1 Å². The van der Waals surface area contributed by atoms with E-state index >= 15 is 0 Å². The average Bonchev–Trinajstić information content (AvgIpc) is 2.98. The Kier molecular flexibility index (Phi) is 5.87. The van der Waals surface area contributed by atoms with Gasteiger partial charge in [0.25, 0.3) is 0 Å². The highest BCUT2D eigenvalue weighted by Crippen LogP contribution is 2.55. The predicted octanol–water partition coefficient (Wildman–Crippen LogP) is 5.75. The van der Waals surface area contributed by atoms with Crippen LogP contribution in [0.4, 0.5) is 5.69 Å². The van der Waals surface area contributed by atoms with E-state index in [1.165, 1.54) is 18.0 Å². The monoisotopic (exact) mass is 419 g/mol. The smallest absolute Gasteiger partial charge is 0.212 e. The minimum absolute atomic E-state index is 0.0370. The molecule has 0 saturated carbocycles. The quantitative estimate of drug-likeness (QED) is 0.393. The van der Waals surface area contributed by atoms with Gasteiger partial charge in [0.2, 0.25) is 7.37 Å². The van der Waals surface area contributed by atoms with Gasteiger partial charge < -0.3 is 10.6 Å². The lowest BCUT2D eigenvalue weighted by Gasteiger charge is -2.18. The predicted molar refractivity (Wildman–Crippen MR) is 115 cm³/mol. The molecule has 0 spiro atoms. The van der Waals surface area contributed by atoms with Crippen LogP contribution in [0.2, 0.25) is 5.02 Å². The van der Waals surface area contributed by atoms with E-state index < -0.39 is 13.0 Å². The molecular weight excluding hydrogens is 401 g/mol. The minimum Gasteiger partial charge on any atom is -0.398 e. The third-order valence-electron chi connectivity index (χ3n) is 4.26. The van der Waals surface area contributed by atoms with Crippen molar-refractivity contribution >= 4 is 57.9 Å². The summed E-state index contributed by atoms with van der Waals surface area (Å²) < 4.78 is 13.5. The van der Waals surface area contributed by atoms with E-state index in [0.29, 0.717) is 16.3 Å². The van der Waals surface area contributed by atoms with E-state index in [1.54, 1.807) is 35.7 Å². The number of nitrogen functional groups attached to an aromatic ring is 1. The van der Waals surface area contributed by atoms with Gasteiger partial charge in [-0.3, -0.25) is 9.36 Å². The number of anilines is 1. The second-order valence-electron chi connectivity index (χ2n) is 6.38. The number of carbonyl (C=O) groups excluding carboxylic acids is 1. The van der Waals surface area contributed by atoms with Crippen LogP contribution in [0.1, 0.15) is 23.2 Å². The van der Waals surface area contributed by atoms with Gasteiger partial charge in [-0.2, -0.15) is 0 Å². The standard InChI is InChI=1S/C20H19ClNO3PS/c1-26(24,25)20(16-12-27-19-10-9-14(21)11-15(16)19)18(23)8-4-6-13-5-2-3-7-17(13)22/h2-7,9-12,20H,8,22H2,1H3,(H,24,25)/b6-4+. The highest BCUT2D eigenvalue weighted by Gasteiger charge is 2.35. The Labute approximate surface area is 166 Å². The summed E-state index contributed by atoms with van der Waals surface area (Å²) in [5.41, 5.74) is 6.78. The molecule has 27 heavy (non-hydrogen) atoms. The van der Waals surface area contributed by atoms with E-state index in [2.05, 4.69) is 0 Å². The van der Waals surface area contributed by atoms with Gasteiger partial charge in [0, 0.05) is 28.5 Å². The van der Waals surface area contributed by atoms with Crippen LogP contribution in [0, 0.1) is 0 Å². The molecule has 0 amide bonds. The van der Waals surface area contributed by atoms with Crippen molar-refractivity contribution in [3.05, 3.63) is 70.1 Å². The normalized spacial score (nSPS) is 15.1. The number of fused-ring (bicyclic) bond motifs is 1. The number of thiophene rings is 1. The van der Waals surface area contributed by atoms with Crippen LogP contribution in [-0.4, -0.2) is 17.3 Å². The van der Waals surface area contributed by atoms with E-state index in [4.69, 9.17) is 17.3 Å². The summed E-state index contributed by atoms with van der Waals surface area (Å²) in [6, 6.07) is 12.7. The first kappa shape index (κ1) is 19.8. The fraction of sp³-hybridized carbons (Fsp3) is 0.150. The van der Waals surface area contributed by atoms with Gasteiger partial charge >= 0.3 is 0 Å². The largest absolute Gasteiger partial charge is 0.398 e. The van der Waals surface area contributed by atoms with Gasteiger partial charge in [0.15, 0.2) is 5.78 Å². The Bertz CT molecular complexity index is 1070. The maximum atomic E-state index is 12.8. The van der Waals surface area contributed by atoms with Crippen LogP contribution in [0.25, 0.3) is 16.2 Å². The molecule has 1 heterocycles. The Balaban J connectivity index is 1.91. The van der Waals surface area contributed by atoms with Crippen molar-refractivity contribution in [3.63, 3.8) is 0 Å². The van der Waals surface area contributed by atoms with Crippen LogP contribution in [0.15, 0.2) is 53.9 Å². The van der Waals surface area contributed by atoms with Crippen molar-refractivity contribution in [2.75, 3.05) is 12.4 Å². The number of benzene rings is 2. The summed E-state index contributed by atoms with van der Waals surface area (Å²) in [5, 5.41) is 3.05. The first-order valence-corrected chi connectivity index (χ1v) is 11.7. The second kappa shape index (κ2) is 7.99. The molecule has 3 aromatic rings. The van der Waals surface area contributed by atoms with Gasteiger partial charge in [-0.1, -0.05) is 42.0 Å². The molecule has 0 aliphatic carbocycles. The molecule has 2 aromatic carbocycles. The van der Waals surface area contributed by atoms with Gasteiger partial charge in [-0.05, 0) is 46.2 Å². The van der Waals surface area contributed by atoms with E-state index in [0.717, 1.165) is 15.6 Å². The molecule has 3 rings (SSSR count). The van der Waals surface area contributed by atoms with Crippen molar-refractivity contribution in [1.29, 1.82) is 0 Å². The maximum Gasteiger partial charge on any atom is 0.212 e. The maximum absolute atomic E-state index is 12.8. The molecule has 140 valence electrons. The third-order valence-corrected chi connectivity index (χ3v) is 7.00. The average molecular weight is 420 g/mol. The number of hydrogen-bond acceptors (Lipinski definition) is 4. The molecule has 2 atom stereocenters. The number of rotatable bonds is 6. The molecule has 3 N–H and O–H groups in total. The number of carbonyl (C=O) groups is 1. The van der Waals surface area contributed by atoms with Crippen LogP contribution in [0.3, 0.4) is 0 Å². The molecule has 0 fully saturated rings. The number of para-hydroxylation sites is 1. The number of ketones is 1. The molecule has 2 unspecified atom stereocenters. The van der Waals surface area contributed by atoms with E-state index in [9.17, 15) is 14.3 Å². The lowest BCUT2D eigenvalue weighted by molar-refractivity contribution is -0.118. The van der Waals surface area contributed by atoms with Crippen LogP contribution in [-0.2, 0) is 9.36 Å². The van der Waals surface area contributed by atoms with Gasteiger partial charge in [0.1, 0.15) is 5.66 Å². The molecule has 7 heteroatoms. The van der Waals surface area contributed by atoms with Gasteiger partial charge in [-0.25, -0.2) is 0 Å². The zero-order chi connectivity index (χ0) is 19.6. The van der Waals surface area contributed by atoms with Gasteiger partial charge in [0.05, 0.1) is 0 Å². The topological polar surface area (TPSA) is 80.4 Å². The summed E-state index contributed by atoms with van der Waals surface area (Å²) in [4.78, 5) is 23.1. The fourth-order valence-electron chi connectivity index (χ4n) is 3.01. The summed E-state index contributed by atoms with van der Waals surface area (Å²) in [6.45, 7) is 1.22. The number of nitrogens with two attached hydrogens (primary N) is 1. The first-order chi connectivity index (χ1) is 12.8. The Morgan fingerprint density at radius 1 is 1.33 bits per heavy atom. The molecule has 0 radical (unpaired) electrons. The Morgan fingerprint density at radius 3 is 2.78 bits per heavy atom. The number of Topliss-reactive ketones (excluding diaryl/α,β-unsaturated/α-hetero) is 1. The lowest BCUT2D eigenvalue weighted by Crippen LogP contribution is -2.11. The molecule has 0 saturated heterocycles. The first-order valence-electron chi connectivity index (χ1n) is 8.27. The molecule has 4 nitrogen and oxygen atoms in total. The van der Waals surface area contributed by atoms with E-state index in [-0.39, 0.29) is 12.2 Å². The van der Waals surface area contributed by atoms with Crippen LogP contribution < -0.4 is 5.73 Å².